The smallest absolute Gasteiger partial charge is 0.138 e. The van der Waals surface area contributed by atoms with Crippen LogP contribution in [0.25, 0.3) is 33.9 Å². The third-order valence-corrected chi connectivity index (χ3v) is 4.64. The minimum Gasteiger partial charge on any atom is -0.337 e. The monoisotopic (exact) mass is 371 g/mol. The molecule has 0 radical (unpaired) electrons. The highest BCUT2D eigenvalue weighted by Crippen LogP contribution is 2.32. The van der Waals surface area contributed by atoms with E-state index in [1.807, 2.05) is 12.1 Å². The number of benzene rings is 2. The normalized spacial score (nSPS) is 11.1. The van der Waals surface area contributed by atoms with Crippen LogP contribution in [0.4, 0.5) is 4.39 Å². The summed E-state index contributed by atoms with van der Waals surface area (Å²) in [5.41, 5.74) is 5.80. The van der Waals surface area contributed by atoms with Crippen molar-refractivity contribution in [3.8, 4) is 33.9 Å². The van der Waals surface area contributed by atoms with E-state index in [1.54, 1.807) is 24.5 Å². The number of nitrogens with one attached hydrogen (secondary N) is 1. The van der Waals surface area contributed by atoms with Gasteiger partial charge in [0.15, 0.2) is 0 Å². The van der Waals surface area contributed by atoms with Crippen molar-refractivity contribution in [2.45, 2.75) is 20.3 Å². The van der Waals surface area contributed by atoms with Crippen molar-refractivity contribution in [2.75, 3.05) is 0 Å². The Bertz CT molecular complexity index is 1050. The lowest BCUT2D eigenvalue weighted by molar-refractivity contribution is 0.628. The molecule has 0 aliphatic heterocycles. The molecule has 0 spiro atoms. The fourth-order valence-corrected chi connectivity index (χ4v) is 3.32. The summed E-state index contributed by atoms with van der Waals surface area (Å²) < 4.78 is 13.4. The summed E-state index contributed by atoms with van der Waals surface area (Å²) >= 11 is 0. The summed E-state index contributed by atoms with van der Waals surface area (Å²) in [4.78, 5) is 12.5. The van der Waals surface area contributed by atoms with Gasteiger partial charge in [0, 0.05) is 29.1 Å². The SMILES string of the molecule is CC(C)Cc1ccc(-c2nc(-c3cccnc3)c(-c3ccc(F)cc3)[nH]2)cc1. The highest BCUT2D eigenvalue weighted by atomic mass is 19.1. The first-order chi connectivity index (χ1) is 13.6. The van der Waals surface area contributed by atoms with Crippen molar-refractivity contribution in [1.29, 1.82) is 0 Å². The van der Waals surface area contributed by atoms with Crippen LogP contribution in [0.2, 0.25) is 0 Å². The standard InChI is InChI=1S/C24H22FN3/c1-16(2)14-17-5-7-19(8-6-17)24-27-22(18-9-11-21(25)12-10-18)23(28-24)20-4-3-13-26-15-20/h3-13,15-16H,14H2,1-2H3,(H,27,28). The van der Waals surface area contributed by atoms with Gasteiger partial charge in [-0.05, 0) is 54.3 Å². The Balaban J connectivity index is 1.78. The molecular formula is C24H22FN3. The van der Waals surface area contributed by atoms with E-state index < -0.39 is 0 Å². The predicted molar refractivity (Wildman–Crippen MR) is 111 cm³/mol. The van der Waals surface area contributed by atoms with Gasteiger partial charge in [-0.2, -0.15) is 0 Å². The van der Waals surface area contributed by atoms with Gasteiger partial charge in [-0.25, -0.2) is 9.37 Å². The number of aromatic amines is 1. The van der Waals surface area contributed by atoms with E-state index in [-0.39, 0.29) is 5.82 Å². The second kappa shape index (κ2) is 7.77. The number of halogens is 1. The zero-order valence-corrected chi connectivity index (χ0v) is 16.0. The number of pyridine rings is 1. The van der Waals surface area contributed by atoms with E-state index >= 15 is 0 Å². The van der Waals surface area contributed by atoms with E-state index in [0.29, 0.717) is 5.92 Å². The van der Waals surface area contributed by atoms with Gasteiger partial charge in [-0.1, -0.05) is 38.1 Å². The van der Waals surface area contributed by atoms with Crippen LogP contribution in [-0.2, 0) is 6.42 Å². The Kier molecular flexibility index (Phi) is 5.02. The number of imidazole rings is 1. The van der Waals surface area contributed by atoms with Crippen molar-refractivity contribution < 1.29 is 4.39 Å². The van der Waals surface area contributed by atoms with Crippen LogP contribution in [0.5, 0.6) is 0 Å². The molecule has 0 amide bonds. The highest BCUT2D eigenvalue weighted by Gasteiger charge is 2.15. The molecule has 0 bridgehead atoms. The number of nitrogens with zero attached hydrogens (tertiary/aromatic N) is 2. The van der Waals surface area contributed by atoms with Crippen LogP contribution >= 0.6 is 0 Å². The quantitative estimate of drug-likeness (QED) is 0.457. The molecule has 1 N–H and O–H groups in total. The van der Waals surface area contributed by atoms with Crippen LogP contribution in [0.15, 0.2) is 73.1 Å². The maximum absolute atomic E-state index is 13.4. The lowest BCUT2D eigenvalue weighted by Crippen LogP contribution is -1.93. The fraction of sp³-hybridized carbons (Fsp3) is 0.167. The van der Waals surface area contributed by atoms with Gasteiger partial charge < -0.3 is 4.98 Å². The van der Waals surface area contributed by atoms with Crippen LogP contribution in [-0.4, -0.2) is 15.0 Å². The maximum atomic E-state index is 13.4. The molecule has 0 atom stereocenters. The van der Waals surface area contributed by atoms with Gasteiger partial charge in [-0.3, -0.25) is 4.98 Å². The van der Waals surface area contributed by atoms with Gasteiger partial charge in [0.2, 0.25) is 0 Å². The van der Waals surface area contributed by atoms with Crippen LogP contribution < -0.4 is 0 Å². The summed E-state index contributed by atoms with van der Waals surface area (Å²) in [6.45, 7) is 4.44. The molecule has 0 saturated heterocycles. The summed E-state index contributed by atoms with van der Waals surface area (Å²) in [5, 5.41) is 0. The Labute approximate surface area is 164 Å². The summed E-state index contributed by atoms with van der Waals surface area (Å²) in [5.74, 6) is 1.15. The molecule has 4 rings (SSSR count). The van der Waals surface area contributed by atoms with Gasteiger partial charge in [0.1, 0.15) is 11.6 Å². The molecule has 4 aromatic rings. The van der Waals surface area contributed by atoms with Crippen molar-refractivity contribution >= 4 is 0 Å². The third-order valence-electron chi connectivity index (χ3n) is 4.64. The lowest BCUT2D eigenvalue weighted by Gasteiger charge is -2.05. The molecule has 2 heterocycles. The van der Waals surface area contributed by atoms with Gasteiger partial charge in [0.05, 0.1) is 11.4 Å². The number of hydrogen-bond donors (Lipinski definition) is 1. The average molecular weight is 371 g/mol. The topological polar surface area (TPSA) is 41.6 Å². The minimum absolute atomic E-state index is 0.257. The van der Waals surface area contributed by atoms with Crippen LogP contribution in [0, 0.1) is 11.7 Å². The number of rotatable bonds is 5. The molecule has 4 heteroatoms. The molecule has 0 unspecified atom stereocenters. The Hall–Kier alpha value is -3.27. The van der Waals surface area contributed by atoms with E-state index in [4.69, 9.17) is 4.98 Å². The lowest BCUT2D eigenvalue weighted by atomic mass is 10.0. The van der Waals surface area contributed by atoms with E-state index in [2.05, 4.69) is 48.1 Å². The first-order valence-corrected chi connectivity index (χ1v) is 9.46. The van der Waals surface area contributed by atoms with Gasteiger partial charge >= 0.3 is 0 Å². The molecule has 140 valence electrons. The van der Waals surface area contributed by atoms with Crippen LogP contribution in [0.3, 0.4) is 0 Å². The van der Waals surface area contributed by atoms with E-state index in [9.17, 15) is 4.39 Å². The van der Waals surface area contributed by atoms with Gasteiger partial charge in [-0.15, -0.1) is 0 Å². The minimum atomic E-state index is -0.257. The summed E-state index contributed by atoms with van der Waals surface area (Å²) in [7, 11) is 0. The number of aromatic nitrogens is 3. The Morgan fingerprint density at radius 2 is 1.61 bits per heavy atom. The molecule has 0 aliphatic carbocycles. The fourth-order valence-electron chi connectivity index (χ4n) is 3.32. The zero-order chi connectivity index (χ0) is 19.5. The second-order valence-corrected chi connectivity index (χ2v) is 7.35. The first-order valence-electron chi connectivity index (χ1n) is 9.46. The van der Waals surface area contributed by atoms with Crippen molar-refractivity contribution in [3.05, 3.63) is 84.4 Å². The molecule has 3 nitrogen and oxygen atoms in total. The second-order valence-electron chi connectivity index (χ2n) is 7.35. The third kappa shape index (κ3) is 3.86. The largest absolute Gasteiger partial charge is 0.337 e. The molecule has 0 saturated carbocycles. The molecule has 2 aromatic carbocycles. The predicted octanol–water partition coefficient (Wildman–Crippen LogP) is 6.14. The van der Waals surface area contributed by atoms with E-state index in [1.165, 1.54) is 17.7 Å². The molecule has 28 heavy (non-hydrogen) atoms. The zero-order valence-electron chi connectivity index (χ0n) is 16.0. The summed E-state index contributed by atoms with van der Waals surface area (Å²) in [6, 6.07) is 18.8. The van der Waals surface area contributed by atoms with Crippen molar-refractivity contribution in [1.82, 2.24) is 15.0 Å². The van der Waals surface area contributed by atoms with E-state index in [0.717, 1.165) is 40.3 Å². The highest BCUT2D eigenvalue weighted by molar-refractivity contribution is 5.80. The van der Waals surface area contributed by atoms with Gasteiger partial charge in [0.25, 0.3) is 0 Å². The first kappa shape index (κ1) is 18.1. The average Bonchev–Trinajstić information content (AvgIpc) is 3.15. The Morgan fingerprint density at radius 1 is 0.893 bits per heavy atom. The molecule has 0 aliphatic rings. The molecular weight excluding hydrogens is 349 g/mol. The maximum Gasteiger partial charge on any atom is 0.138 e. The molecule has 2 aromatic heterocycles. The van der Waals surface area contributed by atoms with Crippen molar-refractivity contribution in [2.24, 2.45) is 5.92 Å². The molecule has 0 fully saturated rings. The number of hydrogen-bond acceptors (Lipinski definition) is 2. The summed E-state index contributed by atoms with van der Waals surface area (Å²) in [6.07, 6.45) is 4.58. The Morgan fingerprint density at radius 3 is 2.25 bits per heavy atom. The number of H-pyrrole nitrogens is 1. The van der Waals surface area contributed by atoms with Crippen LogP contribution in [0.1, 0.15) is 19.4 Å². The van der Waals surface area contributed by atoms with Crippen molar-refractivity contribution in [3.63, 3.8) is 0 Å².